The molecule has 3 nitrogen and oxygen atoms in total. The first kappa shape index (κ1) is 19.8. The second kappa shape index (κ2) is 6.93. The van der Waals surface area contributed by atoms with E-state index in [0.717, 1.165) is 30.6 Å². The molecule has 0 saturated heterocycles. The molecule has 0 radical (unpaired) electrons. The summed E-state index contributed by atoms with van der Waals surface area (Å²) >= 11 is 1.93. The Hall–Kier alpha value is -1.16. The summed E-state index contributed by atoms with van der Waals surface area (Å²) in [7, 11) is 0. The third kappa shape index (κ3) is 3.04. The van der Waals surface area contributed by atoms with Crippen LogP contribution < -0.4 is 0 Å². The van der Waals surface area contributed by atoms with E-state index in [1.165, 1.54) is 48.4 Å². The number of fused-ring (bicyclic) bond motifs is 5. The summed E-state index contributed by atoms with van der Waals surface area (Å²) in [6.07, 6.45) is 14.5. The summed E-state index contributed by atoms with van der Waals surface area (Å²) in [5.74, 6) is 2.98. The van der Waals surface area contributed by atoms with Crippen molar-refractivity contribution in [2.24, 2.45) is 28.6 Å². The molecule has 29 heavy (non-hydrogen) atoms. The number of aryl methyl sites for hydroxylation is 1. The Bertz CT molecular complexity index is 844. The van der Waals surface area contributed by atoms with Crippen LogP contribution in [-0.2, 0) is 9.53 Å². The zero-order chi connectivity index (χ0) is 20.4. The van der Waals surface area contributed by atoms with E-state index >= 15 is 0 Å². The summed E-state index contributed by atoms with van der Waals surface area (Å²) in [5.41, 5.74) is 2.32. The first-order valence-electron chi connectivity index (χ1n) is 11.6. The van der Waals surface area contributed by atoms with Gasteiger partial charge in [0.1, 0.15) is 6.10 Å². The van der Waals surface area contributed by atoms with Gasteiger partial charge in [-0.15, -0.1) is 11.3 Å². The summed E-state index contributed by atoms with van der Waals surface area (Å²) in [4.78, 5) is 17.6. The van der Waals surface area contributed by atoms with Gasteiger partial charge in [0.2, 0.25) is 0 Å². The van der Waals surface area contributed by atoms with Crippen molar-refractivity contribution in [1.82, 2.24) is 4.98 Å². The van der Waals surface area contributed by atoms with Crippen molar-refractivity contribution < 1.29 is 9.53 Å². The fourth-order valence-electron chi connectivity index (χ4n) is 7.90. The zero-order valence-corrected chi connectivity index (χ0v) is 19.2. The highest BCUT2D eigenvalue weighted by Gasteiger charge is 2.59. The van der Waals surface area contributed by atoms with Gasteiger partial charge in [-0.05, 0) is 80.5 Å². The van der Waals surface area contributed by atoms with Crippen molar-refractivity contribution in [3.05, 3.63) is 27.7 Å². The van der Waals surface area contributed by atoms with Crippen LogP contribution in [0, 0.1) is 35.5 Å². The van der Waals surface area contributed by atoms with Gasteiger partial charge in [0.15, 0.2) is 0 Å². The summed E-state index contributed by atoms with van der Waals surface area (Å²) in [5, 5.41) is 1.39. The highest BCUT2D eigenvalue weighted by molar-refractivity contribution is 7.11. The van der Waals surface area contributed by atoms with E-state index in [9.17, 15) is 4.79 Å². The van der Waals surface area contributed by atoms with Crippen LogP contribution in [0.1, 0.15) is 87.9 Å². The van der Waals surface area contributed by atoms with Crippen LogP contribution in [0.5, 0.6) is 0 Å². The molecule has 0 spiro atoms. The van der Waals surface area contributed by atoms with Crippen molar-refractivity contribution >= 4 is 17.3 Å². The number of thiazole rings is 1. The number of aromatic nitrogens is 1. The predicted octanol–water partition coefficient (Wildman–Crippen LogP) is 6.43. The lowest BCUT2D eigenvalue weighted by atomic mass is 9.47. The molecular weight excluding hydrogens is 378 g/mol. The maximum absolute atomic E-state index is 11.4. The molecule has 0 amide bonds. The lowest BCUT2D eigenvalue weighted by Crippen LogP contribution is -2.50. The van der Waals surface area contributed by atoms with Crippen molar-refractivity contribution in [3.8, 4) is 0 Å². The van der Waals surface area contributed by atoms with Crippen LogP contribution in [0.3, 0.4) is 0 Å². The predicted molar refractivity (Wildman–Crippen MR) is 117 cm³/mol. The molecule has 0 aliphatic heterocycles. The van der Waals surface area contributed by atoms with E-state index < -0.39 is 0 Å². The third-order valence-electron chi connectivity index (χ3n) is 9.33. The van der Waals surface area contributed by atoms with Crippen molar-refractivity contribution in [1.29, 1.82) is 0 Å². The number of carbonyl (C=O) groups is 1. The van der Waals surface area contributed by atoms with Crippen LogP contribution in [0.15, 0.2) is 17.8 Å². The molecule has 1 aromatic rings. The van der Waals surface area contributed by atoms with Gasteiger partial charge in [-0.3, -0.25) is 4.79 Å². The van der Waals surface area contributed by atoms with E-state index in [1.807, 2.05) is 11.3 Å². The molecule has 7 unspecified atom stereocenters. The van der Waals surface area contributed by atoms with Crippen LogP contribution >= 0.6 is 11.3 Å². The number of esters is 1. The lowest BCUT2D eigenvalue weighted by molar-refractivity contribution is -0.148. The monoisotopic (exact) mass is 413 g/mol. The van der Waals surface area contributed by atoms with Crippen LogP contribution in [0.4, 0.5) is 0 Å². The number of allylic oxidation sites excluding steroid dienone is 1. The summed E-state index contributed by atoms with van der Waals surface area (Å²) in [6, 6.07) is 0. The molecule has 3 saturated carbocycles. The number of carbonyl (C=O) groups excluding carboxylic acids is 1. The lowest BCUT2D eigenvalue weighted by Gasteiger charge is -2.58. The molecule has 4 heteroatoms. The molecule has 0 bridgehead atoms. The molecule has 4 aliphatic carbocycles. The fraction of sp³-hybridized carbons (Fsp3) is 0.760. The molecule has 158 valence electrons. The number of rotatable bonds is 2. The van der Waals surface area contributed by atoms with Crippen LogP contribution in [-0.4, -0.2) is 17.1 Å². The Labute approximate surface area is 179 Å². The normalized spacial score (nSPS) is 43.7. The Kier molecular flexibility index (Phi) is 4.73. The maximum atomic E-state index is 11.4. The van der Waals surface area contributed by atoms with Crippen LogP contribution in [0.2, 0.25) is 0 Å². The SMILES string of the molecule is CC(=O)OC1CCC2(C)C(=CCC3C2CCC2(C)C(c4ncc(C)s4)CCC32)C1. The number of ether oxygens (including phenoxy) is 1. The van der Waals surface area contributed by atoms with Gasteiger partial charge < -0.3 is 4.74 Å². The topological polar surface area (TPSA) is 39.2 Å². The molecule has 0 N–H and O–H groups in total. The zero-order valence-electron chi connectivity index (χ0n) is 18.4. The highest BCUT2D eigenvalue weighted by Crippen LogP contribution is 2.68. The van der Waals surface area contributed by atoms with Gasteiger partial charge in [0.25, 0.3) is 0 Å². The van der Waals surface area contributed by atoms with Crippen molar-refractivity contribution in [2.75, 3.05) is 0 Å². The standard InChI is InChI=1S/C25H35NO2S/c1-15-14-26-23(29-15)22-8-7-20-19-6-5-17-13-18(28-16(2)27)9-11-24(17,3)21(19)10-12-25(20,22)4/h5,14,18-22H,6-13H2,1-4H3. The van der Waals surface area contributed by atoms with E-state index in [4.69, 9.17) is 9.72 Å². The van der Waals surface area contributed by atoms with E-state index in [0.29, 0.717) is 16.7 Å². The maximum Gasteiger partial charge on any atom is 0.302 e. The molecule has 0 aromatic carbocycles. The molecule has 7 atom stereocenters. The molecule has 5 rings (SSSR count). The first-order valence-corrected chi connectivity index (χ1v) is 12.4. The summed E-state index contributed by atoms with van der Waals surface area (Å²) in [6.45, 7) is 8.84. The third-order valence-corrected chi connectivity index (χ3v) is 10.4. The molecule has 1 heterocycles. The Morgan fingerprint density at radius 1 is 1.17 bits per heavy atom. The van der Waals surface area contributed by atoms with Gasteiger partial charge in [-0.2, -0.15) is 0 Å². The average molecular weight is 414 g/mol. The van der Waals surface area contributed by atoms with Gasteiger partial charge in [-0.25, -0.2) is 4.98 Å². The number of nitrogens with zero attached hydrogens (tertiary/aromatic N) is 1. The minimum Gasteiger partial charge on any atom is -0.462 e. The van der Waals surface area contributed by atoms with Crippen molar-refractivity contribution in [2.45, 2.75) is 91.1 Å². The van der Waals surface area contributed by atoms with Crippen molar-refractivity contribution in [3.63, 3.8) is 0 Å². The number of hydrogen-bond donors (Lipinski definition) is 0. The van der Waals surface area contributed by atoms with E-state index in [2.05, 4.69) is 33.0 Å². The second-order valence-corrected chi connectivity index (χ2v) is 12.0. The Balaban J connectivity index is 1.40. The van der Waals surface area contributed by atoms with Gasteiger partial charge in [-0.1, -0.05) is 25.5 Å². The smallest absolute Gasteiger partial charge is 0.302 e. The van der Waals surface area contributed by atoms with E-state index in [-0.39, 0.29) is 12.1 Å². The van der Waals surface area contributed by atoms with Gasteiger partial charge in [0.05, 0.1) is 5.01 Å². The van der Waals surface area contributed by atoms with E-state index in [1.54, 1.807) is 12.5 Å². The molecule has 4 aliphatic rings. The van der Waals surface area contributed by atoms with Gasteiger partial charge in [0, 0.05) is 30.3 Å². The largest absolute Gasteiger partial charge is 0.462 e. The molecule has 3 fully saturated rings. The Morgan fingerprint density at radius 2 is 2.00 bits per heavy atom. The highest BCUT2D eigenvalue weighted by atomic mass is 32.1. The average Bonchev–Trinajstić information content (AvgIpc) is 3.24. The molecule has 1 aromatic heterocycles. The first-order chi connectivity index (χ1) is 13.8. The minimum absolute atomic E-state index is 0.0984. The number of hydrogen-bond acceptors (Lipinski definition) is 4. The Morgan fingerprint density at radius 3 is 2.72 bits per heavy atom. The minimum atomic E-state index is -0.129. The second-order valence-electron chi connectivity index (χ2n) is 10.7. The quantitative estimate of drug-likeness (QED) is 0.414. The van der Waals surface area contributed by atoms with Crippen LogP contribution in [0.25, 0.3) is 0 Å². The molecular formula is C25H35NO2S. The summed E-state index contributed by atoms with van der Waals surface area (Å²) < 4.78 is 5.59. The van der Waals surface area contributed by atoms with Gasteiger partial charge >= 0.3 is 5.97 Å². The fourth-order valence-corrected chi connectivity index (χ4v) is 8.97.